The minimum absolute atomic E-state index is 0.259. The van der Waals surface area contributed by atoms with Gasteiger partial charge < -0.3 is 9.08 Å². The second-order valence-corrected chi connectivity index (χ2v) is 9.14. The fourth-order valence-electron chi connectivity index (χ4n) is 5.34. The summed E-state index contributed by atoms with van der Waals surface area (Å²) in [6.07, 6.45) is 4.01. The Labute approximate surface area is 145 Å². The molecule has 2 aliphatic carbocycles. The zero-order chi connectivity index (χ0) is 18.0. The van der Waals surface area contributed by atoms with Crippen molar-refractivity contribution in [1.82, 2.24) is 4.90 Å². The van der Waals surface area contributed by atoms with Crippen molar-refractivity contribution in [3.63, 3.8) is 0 Å². The summed E-state index contributed by atoms with van der Waals surface area (Å²) in [6.45, 7) is 2.17. The number of alkyl halides is 3. The van der Waals surface area contributed by atoms with Crippen LogP contribution in [0.3, 0.4) is 0 Å². The van der Waals surface area contributed by atoms with Crippen LogP contribution < -0.4 is 4.18 Å². The molecule has 0 radical (unpaired) electrons. The number of halogens is 3. The summed E-state index contributed by atoms with van der Waals surface area (Å²) >= 11 is 0. The average Bonchev–Trinajstić information content (AvgIpc) is 2.98. The van der Waals surface area contributed by atoms with E-state index < -0.39 is 15.6 Å². The molecular formula is C17H20F3NO3S. The Balaban J connectivity index is 1.64. The van der Waals surface area contributed by atoms with Crippen LogP contribution in [-0.2, 0) is 16.5 Å². The van der Waals surface area contributed by atoms with Gasteiger partial charge in [-0.05, 0) is 73.2 Å². The normalized spacial score (nSPS) is 32.2. The lowest BCUT2D eigenvalue weighted by molar-refractivity contribution is -0.0500. The maximum absolute atomic E-state index is 12.5. The van der Waals surface area contributed by atoms with Crippen molar-refractivity contribution in [1.29, 1.82) is 0 Å². The molecule has 0 amide bonds. The topological polar surface area (TPSA) is 46.6 Å². The van der Waals surface area contributed by atoms with Crippen LogP contribution in [0.1, 0.15) is 36.3 Å². The quantitative estimate of drug-likeness (QED) is 0.588. The summed E-state index contributed by atoms with van der Waals surface area (Å²) in [5.74, 6) is 0.821. The number of aryl methyl sites for hydroxylation is 1. The van der Waals surface area contributed by atoms with E-state index in [9.17, 15) is 21.6 Å². The zero-order valence-corrected chi connectivity index (χ0v) is 14.7. The van der Waals surface area contributed by atoms with Gasteiger partial charge in [-0.1, -0.05) is 6.07 Å². The number of likely N-dealkylation sites (tertiary alicyclic amines) is 1. The van der Waals surface area contributed by atoms with Gasteiger partial charge in [0.1, 0.15) is 5.75 Å². The van der Waals surface area contributed by atoms with Crippen LogP contribution in [0.15, 0.2) is 18.2 Å². The van der Waals surface area contributed by atoms with Crippen LogP contribution >= 0.6 is 0 Å². The van der Waals surface area contributed by atoms with E-state index in [0.29, 0.717) is 11.8 Å². The first-order chi connectivity index (χ1) is 11.6. The highest BCUT2D eigenvalue weighted by Gasteiger charge is 2.56. The fraction of sp³-hybridized carbons (Fsp3) is 0.647. The molecule has 1 saturated carbocycles. The Morgan fingerprint density at radius 3 is 2.76 bits per heavy atom. The van der Waals surface area contributed by atoms with Crippen LogP contribution in [0.25, 0.3) is 0 Å². The Bertz CT molecular complexity index is 808. The number of fused-ring (bicyclic) bond motifs is 2. The number of hydrogen-bond donors (Lipinski definition) is 0. The minimum atomic E-state index is -5.62. The molecule has 1 aliphatic heterocycles. The molecule has 25 heavy (non-hydrogen) atoms. The van der Waals surface area contributed by atoms with Gasteiger partial charge >= 0.3 is 15.6 Å². The van der Waals surface area contributed by atoms with Gasteiger partial charge in [0, 0.05) is 13.1 Å². The Morgan fingerprint density at radius 2 is 2.04 bits per heavy atom. The molecule has 2 fully saturated rings. The monoisotopic (exact) mass is 375 g/mol. The molecule has 0 N–H and O–H groups in total. The van der Waals surface area contributed by atoms with Crippen molar-refractivity contribution >= 4 is 10.1 Å². The molecule has 1 spiro atoms. The summed E-state index contributed by atoms with van der Waals surface area (Å²) in [6, 6.07) is 4.59. The van der Waals surface area contributed by atoms with Crippen molar-refractivity contribution < 1.29 is 25.8 Å². The van der Waals surface area contributed by atoms with E-state index in [-0.39, 0.29) is 11.2 Å². The molecule has 1 aromatic rings. The van der Waals surface area contributed by atoms with Gasteiger partial charge in [-0.15, -0.1) is 0 Å². The average molecular weight is 375 g/mol. The van der Waals surface area contributed by atoms with Crippen LogP contribution in [-0.4, -0.2) is 39.0 Å². The molecule has 2 unspecified atom stereocenters. The standard InChI is InChI=1S/C17H20F3NO3S/c1-21-9-12-2-5-15-14-4-3-13(24-25(22,23)17(18,19)20)8-11(14)6-7-16(12,15)10-21/h3-4,8,12,15H,2,5-7,9-10H2,1H3/t12?,15?,16-/m0/s1. The highest BCUT2D eigenvalue weighted by Crippen LogP contribution is 2.61. The van der Waals surface area contributed by atoms with Gasteiger partial charge in [0.15, 0.2) is 0 Å². The van der Waals surface area contributed by atoms with Gasteiger partial charge in [0.2, 0.25) is 0 Å². The molecule has 8 heteroatoms. The third-order valence-electron chi connectivity index (χ3n) is 6.25. The van der Waals surface area contributed by atoms with E-state index in [0.717, 1.165) is 43.5 Å². The third-order valence-corrected chi connectivity index (χ3v) is 7.23. The number of nitrogens with zero attached hydrogens (tertiary/aromatic N) is 1. The van der Waals surface area contributed by atoms with E-state index in [1.807, 2.05) is 0 Å². The molecule has 1 heterocycles. The number of hydrogen-bond acceptors (Lipinski definition) is 4. The van der Waals surface area contributed by atoms with E-state index in [1.54, 1.807) is 6.07 Å². The smallest absolute Gasteiger partial charge is 0.376 e. The first-order valence-corrected chi connectivity index (χ1v) is 9.85. The predicted molar refractivity (Wildman–Crippen MR) is 85.8 cm³/mol. The Morgan fingerprint density at radius 1 is 1.28 bits per heavy atom. The summed E-state index contributed by atoms with van der Waals surface area (Å²) in [5.41, 5.74) is -3.08. The molecular weight excluding hydrogens is 355 g/mol. The van der Waals surface area contributed by atoms with Crippen LogP contribution in [0.5, 0.6) is 5.75 Å². The summed E-state index contributed by atoms with van der Waals surface area (Å²) < 4.78 is 64.2. The van der Waals surface area contributed by atoms with E-state index in [1.165, 1.54) is 18.6 Å². The van der Waals surface area contributed by atoms with Crippen molar-refractivity contribution in [3.05, 3.63) is 29.3 Å². The highest BCUT2D eigenvalue weighted by atomic mass is 32.2. The lowest BCUT2D eigenvalue weighted by Gasteiger charge is -2.41. The number of rotatable bonds is 2. The van der Waals surface area contributed by atoms with Crippen LogP contribution in [0, 0.1) is 11.3 Å². The summed E-state index contributed by atoms with van der Waals surface area (Å²) in [4.78, 5) is 2.37. The highest BCUT2D eigenvalue weighted by molar-refractivity contribution is 7.88. The lowest BCUT2D eigenvalue weighted by Crippen LogP contribution is -2.36. The van der Waals surface area contributed by atoms with Gasteiger partial charge in [0.05, 0.1) is 0 Å². The van der Waals surface area contributed by atoms with Crippen molar-refractivity contribution in [2.75, 3.05) is 20.1 Å². The van der Waals surface area contributed by atoms with Crippen LogP contribution in [0.4, 0.5) is 13.2 Å². The first kappa shape index (κ1) is 17.1. The number of benzene rings is 1. The van der Waals surface area contributed by atoms with Gasteiger partial charge in [0.25, 0.3) is 0 Å². The third kappa shape index (κ3) is 2.56. The largest absolute Gasteiger partial charge is 0.534 e. The maximum Gasteiger partial charge on any atom is 0.534 e. The van der Waals surface area contributed by atoms with Gasteiger partial charge in [-0.3, -0.25) is 0 Å². The van der Waals surface area contributed by atoms with Crippen LogP contribution in [0.2, 0.25) is 0 Å². The summed E-state index contributed by atoms with van der Waals surface area (Å²) in [5, 5.41) is 0. The molecule has 0 bridgehead atoms. The van der Waals surface area contributed by atoms with Crippen molar-refractivity contribution in [2.24, 2.45) is 11.3 Å². The molecule has 1 saturated heterocycles. The SMILES string of the molecule is CN1CC2CCC3c4ccc(OS(=O)(=O)C(F)(F)F)cc4CC[C@]23C1. The molecule has 1 aromatic carbocycles. The maximum atomic E-state index is 12.5. The van der Waals surface area contributed by atoms with Gasteiger partial charge in [-0.25, -0.2) is 0 Å². The van der Waals surface area contributed by atoms with E-state index in [4.69, 9.17) is 0 Å². The van der Waals surface area contributed by atoms with Gasteiger partial charge in [-0.2, -0.15) is 21.6 Å². The zero-order valence-electron chi connectivity index (χ0n) is 13.8. The molecule has 3 aliphatic rings. The fourth-order valence-corrected chi connectivity index (χ4v) is 5.79. The first-order valence-electron chi connectivity index (χ1n) is 8.44. The van der Waals surface area contributed by atoms with E-state index in [2.05, 4.69) is 16.1 Å². The minimum Gasteiger partial charge on any atom is -0.376 e. The second-order valence-electron chi connectivity index (χ2n) is 7.60. The predicted octanol–water partition coefficient (Wildman–Crippen LogP) is 3.29. The molecule has 4 rings (SSSR count). The van der Waals surface area contributed by atoms with E-state index >= 15 is 0 Å². The molecule has 3 atom stereocenters. The Kier molecular flexibility index (Phi) is 3.68. The molecule has 0 aromatic heterocycles. The summed E-state index contributed by atoms with van der Waals surface area (Å²) in [7, 11) is -3.49. The van der Waals surface area contributed by atoms with Crippen molar-refractivity contribution in [3.8, 4) is 5.75 Å². The second kappa shape index (κ2) is 5.36. The van der Waals surface area contributed by atoms with Crippen molar-refractivity contribution in [2.45, 2.75) is 37.1 Å². The lowest BCUT2D eigenvalue weighted by atomic mass is 9.63. The molecule has 138 valence electrons. The Hall–Kier alpha value is -1.28. The molecule has 4 nitrogen and oxygen atoms in total.